The number of amides is 1. The minimum absolute atomic E-state index is 0.124. The van der Waals surface area contributed by atoms with Crippen LogP contribution in [0.15, 0.2) is 17.5 Å². The van der Waals surface area contributed by atoms with Crippen LogP contribution in [0, 0.1) is 0 Å². The maximum atomic E-state index is 11.7. The second-order valence-electron chi connectivity index (χ2n) is 3.22. The molecule has 0 atom stereocenters. The lowest BCUT2D eigenvalue weighted by molar-refractivity contribution is -0.199. The number of nitrogens with one attached hydrogen (secondary N) is 1. The van der Waals surface area contributed by atoms with E-state index in [-0.39, 0.29) is 25.5 Å². The lowest BCUT2D eigenvalue weighted by atomic mass is 10.4. The Balaban J connectivity index is 2.13. The summed E-state index contributed by atoms with van der Waals surface area (Å²) in [5, 5.41) is 4.23. The molecule has 0 spiro atoms. The molecule has 0 saturated carbocycles. The molecule has 18 heavy (non-hydrogen) atoms. The molecule has 0 unspecified atom stereocenters. The smallest absolute Gasteiger partial charge is 0.459 e. The van der Waals surface area contributed by atoms with Crippen LogP contribution in [0.5, 0.6) is 0 Å². The lowest BCUT2D eigenvalue weighted by Crippen LogP contribution is -2.28. The van der Waals surface area contributed by atoms with E-state index in [1.807, 2.05) is 0 Å². The van der Waals surface area contributed by atoms with Gasteiger partial charge >= 0.3 is 12.1 Å². The third-order valence-corrected chi connectivity index (χ3v) is 2.68. The van der Waals surface area contributed by atoms with Gasteiger partial charge in [0.05, 0.1) is 11.5 Å². The maximum absolute atomic E-state index is 11.7. The number of halogens is 3. The molecular formula is C10H10F3NO3S. The summed E-state index contributed by atoms with van der Waals surface area (Å²) < 4.78 is 39.2. The van der Waals surface area contributed by atoms with Gasteiger partial charge in [0, 0.05) is 6.54 Å². The molecule has 0 aliphatic carbocycles. The minimum Gasteiger partial charge on any atom is -0.459 e. The van der Waals surface area contributed by atoms with Gasteiger partial charge in [-0.15, -0.1) is 11.3 Å². The van der Waals surface area contributed by atoms with Crippen molar-refractivity contribution in [2.24, 2.45) is 0 Å². The van der Waals surface area contributed by atoms with E-state index < -0.39 is 12.1 Å². The summed E-state index contributed by atoms with van der Waals surface area (Å²) >= 11 is 1.26. The van der Waals surface area contributed by atoms with Crippen molar-refractivity contribution in [3.8, 4) is 0 Å². The van der Waals surface area contributed by atoms with Gasteiger partial charge in [0.25, 0.3) is 5.91 Å². The van der Waals surface area contributed by atoms with Crippen molar-refractivity contribution in [1.82, 2.24) is 5.32 Å². The Hall–Kier alpha value is -1.57. The van der Waals surface area contributed by atoms with Gasteiger partial charge in [-0.1, -0.05) is 6.07 Å². The summed E-state index contributed by atoms with van der Waals surface area (Å²) in [6.07, 6.45) is -4.85. The number of carbonyl (C=O) groups is 2. The van der Waals surface area contributed by atoms with Crippen LogP contribution in [0.4, 0.5) is 13.2 Å². The maximum Gasteiger partial charge on any atom is 0.490 e. The van der Waals surface area contributed by atoms with Crippen molar-refractivity contribution >= 4 is 23.2 Å². The Morgan fingerprint density at radius 3 is 2.67 bits per heavy atom. The quantitative estimate of drug-likeness (QED) is 0.663. The first-order valence-electron chi connectivity index (χ1n) is 4.97. The zero-order valence-electron chi connectivity index (χ0n) is 9.12. The monoisotopic (exact) mass is 281 g/mol. The van der Waals surface area contributed by atoms with Gasteiger partial charge in [0.1, 0.15) is 0 Å². The first-order chi connectivity index (χ1) is 8.41. The normalized spacial score (nSPS) is 11.1. The summed E-state index contributed by atoms with van der Waals surface area (Å²) in [5.74, 6) is -2.51. The minimum atomic E-state index is -4.97. The number of hydrogen-bond acceptors (Lipinski definition) is 4. The van der Waals surface area contributed by atoms with Gasteiger partial charge in [0.15, 0.2) is 0 Å². The van der Waals surface area contributed by atoms with Crippen LogP contribution in [-0.4, -0.2) is 31.2 Å². The van der Waals surface area contributed by atoms with Crippen LogP contribution in [0.1, 0.15) is 16.1 Å². The van der Waals surface area contributed by atoms with Crippen molar-refractivity contribution in [1.29, 1.82) is 0 Å². The van der Waals surface area contributed by atoms with E-state index in [0.29, 0.717) is 4.88 Å². The highest BCUT2D eigenvalue weighted by Crippen LogP contribution is 2.16. The fourth-order valence-corrected chi connectivity index (χ4v) is 1.66. The molecule has 100 valence electrons. The van der Waals surface area contributed by atoms with E-state index in [1.165, 1.54) is 11.3 Å². The first-order valence-corrected chi connectivity index (χ1v) is 5.85. The molecular weight excluding hydrogens is 271 g/mol. The highest BCUT2D eigenvalue weighted by atomic mass is 32.1. The highest BCUT2D eigenvalue weighted by Gasteiger charge is 2.40. The number of carbonyl (C=O) groups excluding carboxylic acids is 2. The predicted molar refractivity (Wildman–Crippen MR) is 58.3 cm³/mol. The van der Waals surface area contributed by atoms with Gasteiger partial charge < -0.3 is 10.1 Å². The van der Waals surface area contributed by atoms with Crippen molar-refractivity contribution in [3.05, 3.63) is 22.4 Å². The summed E-state index contributed by atoms with van der Waals surface area (Å²) in [6.45, 7) is -0.245. The average molecular weight is 281 g/mol. The Bertz CT molecular complexity index is 403. The summed E-state index contributed by atoms with van der Waals surface area (Å²) in [7, 11) is 0. The molecule has 0 radical (unpaired) electrons. The topological polar surface area (TPSA) is 55.4 Å². The van der Waals surface area contributed by atoms with Gasteiger partial charge in [-0.2, -0.15) is 13.2 Å². The number of hydrogen-bond donors (Lipinski definition) is 1. The molecule has 0 fully saturated rings. The van der Waals surface area contributed by atoms with Crippen molar-refractivity contribution in [2.75, 3.05) is 13.2 Å². The molecule has 0 aromatic carbocycles. The van der Waals surface area contributed by atoms with Crippen molar-refractivity contribution in [2.45, 2.75) is 12.6 Å². The van der Waals surface area contributed by atoms with Crippen LogP contribution in [0.25, 0.3) is 0 Å². The Labute approximate surface area is 105 Å². The molecule has 1 heterocycles. The second kappa shape index (κ2) is 6.39. The lowest BCUT2D eigenvalue weighted by Gasteiger charge is -2.07. The van der Waals surface area contributed by atoms with Crippen LogP contribution in [0.2, 0.25) is 0 Å². The Kier molecular flexibility index (Phi) is 5.14. The SMILES string of the molecule is O=C(NCCCOC(=O)C(F)(F)F)c1cccs1. The fraction of sp³-hybridized carbons (Fsp3) is 0.400. The molecule has 0 aliphatic rings. The molecule has 0 aliphatic heterocycles. The number of thiophene rings is 1. The molecule has 4 nitrogen and oxygen atoms in total. The number of alkyl halides is 3. The molecule has 1 aromatic heterocycles. The van der Waals surface area contributed by atoms with Crippen LogP contribution >= 0.6 is 11.3 Å². The van der Waals surface area contributed by atoms with Gasteiger partial charge in [-0.25, -0.2) is 4.79 Å². The fourth-order valence-electron chi connectivity index (χ4n) is 1.02. The van der Waals surface area contributed by atoms with Crippen molar-refractivity contribution in [3.63, 3.8) is 0 Å². The third kappa shape index (κ3) is 4.74. The zero-order chi connectivity index (χ0) is 13.6. The Morgan fingerprint density at radius 1 is 1.39 bits per heavy atom. The number of rotatable bonds is 5. The summed E-state index contributed by atoms with van der Waals surface area (Å²) in [6, 6.07) is 3.34. The second-order valence-corrected chi connectivity index (χ2v) is 4.17. The largest absolute Gasteiger partial charge is 0.490 e. The predicted octanol–water partition coefficient (Wildman–Crippen LogP) is 1.97. The van der Waals surface area contributed by atoms with E-state index in [1.54, 1.807) is 17.5 Å². The number of esters is 1. The molecule has 1 N–H and O–H groups in total. The highest BCUT2D eigenvalue weighted by molar-refractivity contribution is 7.12. The van der Waals surface area contributed by atoms with E-state index in [9.17, 15) is 22.8 Å². The number of ether oxygens (including phenoxy) is 1. The summed E-state index contributed by atoms with van der Waals surface area (Å²) in [4.78, 5) is 22.2. The standard InChI is InChI=1S/C10H10F3NO3S/c11-10(12,13)9(16)17-5-2-4-14-8(15)7-3-1-6-18-7/h1,3,6H,2,4-5H2,(H,14,15). The van der Waals surface area contributed by atoms with Gasteiger partial charge in [-0.05, 0) is 17.9 Å². The van der Waals surface area contributed by atoms with E-state index >= 15 is 0 Å². The molecule has 1 rings (SSSR count). The van der Waals surface area contributed by atoms with Crippen LogP contribution in [0.3, 0.4) is 0 Å². The average Bonchev–Trinajstić information content (AvgIpc) is 2.80. The molecule has 0 saturated heterocycles. The zero-order valence-corrected chi connectivity index (χ0v) is 9.94. The van der Waals surface area contributed by atoms with Gasteiger partial charge in [-0.3, -0.25) is 4.79 Å². The van der Waals surface area contributed by atoms with Crippen LogP contribution in [-0.2, 0) is 9.53 Å². The van der Waals surface area contributed by atoms with E-state index in [2.05, 4.69) is 10.1 Å². The molecule has 1 amide bonds. The molecule has 0 bridgehead atoms. The van der Waals surface area contributed by atoms with Crippen LogP contribution < -0.4 is 5.32 Å². The third-order valence-electron chi connectivity index (χ3n) is 1.82. The first kappa shape index (κ1) is 14.5. The summed E-state index contributed by atoms with van der Waals surface area (Å²) in [5.41, 5.74) is 0. The van der Waals surface area contributed by atoms with Gasteiger partial charge in [0.2, 0.25) is 0 Å². The van der Waals surface area contributed by atoms with E-state index in [4.69, 9.17) is 0 Å². The Morgan fingerprint density at radius 2 is 2.11 bits per heavy atom. The molecule has 8 heteroatoms. The molecule has 1 aromatic rings. The van der Waals surface area contributed by atoms with Crippen molar-refractivity contribution < 1.29 is 27.5 Å². The van der Waals surface area contributed by atoms with E-state index in [0.717, 1.165) is 0 Å².